The summed E-state index contributed by atoms with van der Waals surface area (Å²) in [6.45, 7) is 1.82. The number of aromatic hydroxyl groups is 1. The van der Waals surface area contributed by atoms with E-state index in [1.54, 1.807) is 0 Å². The molecule has 1 saturated carbocycles. The van der Waals surface area contributed by atoms with Crippen LogP contribution in [0.5, 0.6) is 11.5 Å². The molecule has 0 aromatic heterocycles. The summed E-state index contributed by atoms with van der Waals surface area (Å²) in [6.07, 6.45) is 1.16. The lowest BCUT2D eigenvalue weighted by atomic mass is 9.90. The Morgan fingerprint density at radius 1 is 1.53 bits per heavy atom. The van der Waals surface area contributed by atoms with Crippen LogP contribution in [0.4, 0.5) is 0 Å². The van der Waals surface area contributed by atoms with Gasteiger partial charge in [-0.15, -0.1) is 0 Å². The van der Waals surface area contributed by atoms with Crippen molar-refractivity contribution in [2.45, 2.75) is 25.2 Å². The summed E-state index contributed by atoms with van der Waals surface area (Å²) in [5, 5.41) is 19.2. The largest absolute Gasteiger partial charge is 0.504 e. The highest BCUT2D eigenvalue weighted by atomic mass is 79.9. The first kappa shape index (κ1) is 12.2. The molecule has 0 spiro atoms. The second kappa shape index (κ2) is 3.91. The Morgan fingerprint density at radius 2 is 2.12 bits per heavy atom. The lowest BCUT2D eigenvalue weighted by Gasteiger charge is -2.19. The number of hydrogen-bond acceptors (Lipinski definition) is 3. The van der Waals surface area contributed by atoms with E-state index in [0.717, 1.165) is 5.56 Å². The molecule has 0 unspecified atom stereocenters. The number of carbonyl (C=O) groups is 1. The monoisotopic (exact) mass is 300 g/mol. The molecule has 0 heterocycles. The molecule has 0 aliphatic heterocycles. The van der Waals surface area contributed by atoms with Crippen molar-refractivity contribution in [3.63, 3.8) is 0 Å². The van der Waals surface area contributed by atoms with Crippen molar-refractivity contribution in [1.29, 1.82) is 0 Å². The van der Waals surface area contributed by atoms with Crippen LogP contribution in [0.15, 0.2) is 10.5 Å². The van der Waals surface area contributed by atoms with Crippen molar-refractivity contribution < 1.29 is 19.7 Å². The number of benzene rings is 1. The molecule has 1 fully saturated rings. The van der Waals surface area contributed by atoms with E-state index >= 15 is 0 Å². The summed E-state index contributed by atoms with van der Waals surface area (Å²) in [4.78, 5) is 11.4. The van der Waals surface area contributed by atoms with Crippen molar-refractivity contribution in [2.75, 3.05) is 7.11 Å². The normalized spacial score (nSPS) is 16.6. The number of methoxy groups -OCH3 is 1. The van der Waals surface area contributed by atoms with E-state index in [1.165, 1.54) is 13.2 Å². The van der Waals surface area contributed by atoms with Gasteiger partial charge in [0.15, 0.2) is 11.5 Å². The number of hydrogen-bond donors (Lipinski definition) is 2. The SMILES string of the molecule is COc1c(O)cc(Br)c(C)c1C1(C(=O)O)CC1. The number of phenols is 1. The van der Waals surface area contributed by atoms with Crippen molar-refractivity contribution in [3.8, 4) is 11.5 Å². The molecule has 1 aromatic carbocycles. The number of rotatable bonds is 3. The van der Waals surface area contributed by atoms with Crippen molar-refractivity contribution in [3.05, 3.63) is 21.7 Å². The highest BCUT2D eigenvalue weighted by molar-refractivity contribution is 9.10. The first-order valence-corrected chi connectivity index (χ1v) is 6.03. The molecule has 1 aromatic rings. The molecule has 1 aliphatic carbocycles. The van der Waals surface area contributed by atoms with E-state index in [2.05, 4.69) is 15.9 Å². The van der Waals surface area contributed by atoms with E-state index in [9.17, 15) is 15.0 Å². The average molecular weight is 301 g/mol. The topological polar surface area (TPSA) is 66.8 Å². The predicted molar refractivity (Wildman–Crippen MR) is 65.6 cm³/mol. The van der Waals surface area contributed by atoms with E-state index in [4.69, 9.17) is 4.74 Å². The third kappa shape index (κ3) is 1.69. The van der Waals surface area contributed by atoms with E-state index < -0.39 is 11.4 Å². The zero-order valence-electron chi connectivity index (χ0n) is 9.58. The van der Waals surface area contributed by atoms with Gasteiger partial charge in [-0.2, -0.15) is 0 Å². The highest BCUT2D eigenvalue weighted by Crippen LogP contribution is 2.55. The van der Waals surface area contributed by atoms with Crippen LogP contribution in [-0.4, -0.2) is 23.3 Å². The molecule has 17 heavy (non-hydrogen) atoms. The van der Waals surface area contributed by atoms with Crippen molar-refractivity contribution in [1.82, 2.24) is 0 Å². The Bertz CT molecular complexity index is 492. The Labute approximate surface area is 107 Å². The summed E-state index contributed by atoms with van der Waals surface area (Å²) >= 11 is 3.32. The summed E-state index contributed by atoms with van der Waals surface area (Å²) in [7, 11) is 1.43. The second-order valence-corrected chi connectivity index (χ2v) is 5.15. The van der Waals surface area contributed by atoms with Crippen LogP contribution >= 0.6 is 15.9 Å². The highest BCUT2D eigenvalue weighted by Gasteiger charge is 2.54. The van der Waals surface area contributed by atoms with Crippen LogP contribution < -0.4 is 4.74 Å². The van der Waals surface area contributed by atoms with Gasteiger partial charge in [-0.3, -0.25) is 4.79 Å². The van der Waals surface area contributed by atoms with Gasteiger partial charge in [0.05, 0.1) is 12.5 Å². The summed E-state index contributed by atoms with van der Waals surface area (Å²) in [5.41, 5.74) is 0.496. The Balaban J connectivity index is 2.71. The van der Waals surface area contributed by atoms with E-state index in [-0.39, 0.29) is 11.5 Å². The Hall–Kier alpha value is -1.23. The maximum Gasteiger partial charge on any atom is 0.314 e. The number of ether oxygens (including phenoxy) is 1. The molecule has 0 saturated heterocycles. The minimum Gasteiger partial charge on any atom is -0.504 e. The lowest BCUT2D eigenvalue weighted by Crippen LogP contribution is -2.21. The maximum atomic E-state index is 11.4. The number of halogens is 1. The van der Waals surface area contributed by atoms with Crippen molar-refractivity contribution >= 4 is 21.9 Å². The van der Waals surface area contributed by atoms with Crippen LogP contribution in [0.3, 0.4) is 0 Å². The zero-order chi connectivity index (χ0) is 12.8. The third-order valence-electron chi connectivity index (χ3n) is 3.30. The third-order valence-corrected chi connectivity index (χ3v) is 4.12. The molecule has 2 rings (SSSR count). The molecular weight excluding hydrogens is 288 g/mol. The Kier molecular flexibility index (Phi) is 2.81. The molecule has 5 heteroatoms. The maximum absolute atomic E-state index is 11.4. The fourth-order valence-electron chi connectivity index (χ4n) is 2.19. The molecule has 0 radical (unpaired) electrons. The molecule has 0 bridgehead atoms. The number of aliphatic carboxylic acids is 1. The summed E-state index contributed by atoms with van der Waals surface area (Å²) < 4.78 is 5.85. The van der Waals surface area contributed by atoms with Crippen LogP contribution in [0.2, 0.25) is 0 Å². The van der Waals surface area contributed by atoms with Gasteiger partial charge in [0.1, 0.15) is 0 Å². The number of carboxylic acids is 1. The fraction of sp³-hybridized carbons (Fsp3) is 0.417. The second-order valence-electron chi connectivity index (χ2n) is 4.30. The molecule has 4 nitrogen and oxygen atoms in total. The summed E-state index contributed by atoms with van der Waals surface area (Å²) in [6, 6.07) is 1.52. The van der Waals surface area contributed by atoms with Crippen LogP contribution in [0.25, 0.3) is 0 Å². The minimum absolute atomic E-state index is 0.0347. The quantitative estimate of drug-likeness (QED) is 0.900. The molecule has 2 N–H and O–H groups in total. The van der Waals surface area contributed by atoms with Gasteiger partial charge in [-0.1, -0.05) is 15.9 Å². The van der Waals surface area contributed by atoms with Gasteiger partial charge in [0.2, 0.25) is 0 Å². The zero-order valence-corrected chi connectivity index (χ0v) is 11.2. The molecular formula is C12H13BrO4. The fourth-order valence-corrected chi connectivity index (χ4v) is 2.61. The summed E-state index contributed by atoms with van der Waals surface area (Å²) in [5.74, 6) is -0.630. The van der Waals surface area contributed by atoms with E-state index in [1.807, 2.05) is 6.92 Å². The van der Waals surface area contributed by atoms with Gasteiger partial charge in [-0.05, 0) is 31.4 Å². The van der Waals surface area contributed by atoms with Crippen molar-refractivity contribution in [2.24, 2.45) is 0 Å². The van der Waals surface area contributed by atoms with E-state index in [0.29, 0.717) is 22.9 Å². The van der Waals surface area contributed by atoms with Gasteiger partial charge in [0, 0.05) is 10.0 Å². The first-order valence-electron chi connectivity index (χ1n) is 5.24. The van der Waals surface area contributed by atoms with Gasteiger partial charge in [0.25, 0.3) is 0 Å². The smallest absolute Gasteiger partial charge is 0.314 e. The average Bonchev–Trinajstić information content (AvgIpc) is 3.04. The van der Waals surface area contributed by atoms with Gasteiger partial charge >= 0.3 is 5.97 Å². The van der Waals surface area contributed by atoms with Crippen LogP contribution in [-0.2, 0) is 10.2 Å². The van der Waals surface area contributed by atoms with Gasteiger partial charge < -0.3 is 14.9 Å². The number of carboxylic acid groups (broad SMARTS) is 1. The van der Waals surface area contributed by atoms with Gasteiger partial charge in [-0.25, -0.2) is 0 Å². The number of phenolic OH excluding ortho intramolecular Hbond substituents is 1. The predicted octanol–water partition coefficient (Wildman–Crippen LogP) is 2.59. The molecule has 92 valence electrons. The lowest BCUT2D eigenvalue weighted by molar-refractivity contribution is -0.140. The first-order chi connectivity index (χ1) is 7.94. The Morgan fingerprint density at radius 3 is 2.53 bits per heavy atom. The standard InChI is InChI=1S/C12H13BrO4/c1-6-7(13)5-8(14)10(17-2)9(6)12(3-4-12)11(15)16/h5,14H,3-4H2,1-2H3,(H,15,16). The van der Waals surface area contributed by atoms with Crippen LogP contribution in [0.1, 0.15) is 24.0 Å². The molecule has 1 aliphatic rings. The minimum atomic E-state index is -0.892. The molecule has 0 amide bonds. The van der Waals surface area contributed by atoms with Crippen LogP contribution in [0, 0.1) is 6.92 Å². The molecule has 0 atom stereocenters.